The summed E-state index contributed by atoms with van der Waals surface area (Å²) in [5.41, 5.74) is 3.93. The molecule has 7 heteroatoms. The van der Waals surface area contributed by atoms with Crippen LogP contribution in [0.15, 0.2) is 73.2 Å². The van der Waals surface area contributed by atoms with Gasteiger partial charge in [0.2, 0.25) is 0 Å². The number of nitrogens with zero attached hydrogens (tertiary/aromatic N) is 4. The van der Waals surface area contributed by atoms with Crippen molar-refractivity contribution in [3.63, 3.8) is 0 Å². The van der Waals surface area contributed by atoms with E-state index < -0.39 is 0 Å². The van der Waals surface area contributed by atoms with E-state index in [1.54, 1.807) is 19.5 Å². The van der Waals surface area contributed by atoms with E-state index in [4.69, 9.17) is 14.2 Å². The third kappa shape index (κ3) is 3.55. The number of rotatable bonds is 6. The molecule has 2 aromatic heterocycles. The topological polar surface area (TPSA) is 63.3 Å². The summed E-state index contributed by atoms with van der Waals surface area (Å²) in [5, 5.41) is 8.80. The molecule has 0 saturated carbocycles. The lowest BCUT2D eigenvalue weighted by Crippen LogP contribution is -2.16. The Kier molecular flexibility index (Phi) is 4.94. The van der Waals surface area contributed by atoms with Crippen LogP contribution in [0.25, 0.3) is 22.6 Å². The Balaban J connectivity index is 1.46. The van der Waals surface area contributed by atoms with E-state index in [2.05, 4.69) is 10.2 Å². The van der Waals surface area contributed by atoms with E-state index in [1.165, 1.54) is 0 Å². The highest BCUT2D eigenvalue weighted by atomic mass is 16.6. The fourth-order valence-corrected chi connectivity index (χ4v) is 3.61. The van der Waals surface area contributed by atoms with Gasteiger partial charge in [-0.3, -0.25) is 0 Å². The molecule has 30 heavy (non-hydrogen) atoms. The minimum atomic E-state index is 0.0499. The second-order valence-corrected chi connectivity index (χ2v) is 7.06. The largest absolute Gasteiger partial charge is 0.493 e. The Hall–Kier alpha value is -3.58. The second kappa shape index (κ2) is 8.04. The first-order valence-corrected chi connectivity index (χ1v) is 9.89. The molecule has 2 aromatic carbocycles. The molecule has 0 amide bonds. The first-order valence-electron chi connectivity index (χ1n) is 9.89. The fraction of sp³-hybridized carbons (Fsp3) is 0.217. The molecule has 1 fully saturated rings. The van der Waals surface area contributed by atoms with Crippen molar-refractivity contribution in [3.8, 4) is 34.1 Å². The standard InChI is InChI=1S/C23H22N4O3/c1-28-22-8-3-17(15-23(22)30-20-10-14-29-16-20)21-9-12-25-27(21)19-6-4-18(5-7-19)26-13-2-11-24-26/h2-9,11-13,15,20H,10,14,16H2,1H3/t20-/m1/s1. The summed E-state index contributed by atoms with van der Waals surface area (Å²) in [6.07, 6.45) is 6.41. The lowest BCUT2D eigenvalue weighted by atomic mass is 10.1. The van der Waals surface area contributed by atoms with Gasteiger partial charge in [-0.25, -0.2) is 9.36 Å². The van der Waals surface area contributed by atoms with Crippen LogP contribution in [0.1, 0.15) is 6.42 Å². The van der Waals surface area contributed by atoms with Gasteiger partial charge in [-0.1, -0.05) is 0 Å². The van der Waals surface area contributed by atoms with Gasteiger partial charge in [-0.05, 0) is 54.6 Å². The molecule has 1 aliphatic heterocycles. The lowest BCUT2D eigenvalue weighted by Gasteiger charge is -2.16. The van der Waals surface area contributed by atoms with E-state index >= 15 is 0 Å². The van der Waals surface area contributed by atoms with Crippen LogP contribution in [0.3, 0.4) is 0 Å². The van der Waals surface area contributed by atoms with Crippen molar-refractivity contribution in [2.75, 3.05) is 20.3 Å². The van der Waals surface area contributed by atoms with Crippen LogP contribution in [-0.2, 0) is 4.74 Å². The van der Waals surface area contributed by atoms with Gasteiger partial charge in [0.1, 0.15) is 6.10 Å². The summed E-state index contributed by atoms with van der Waals surface area (Å²) >= 11 is 0. The van der Waals surface area contributed by atoms with Crippen LogP contribution in [0.4, 0.5) is 0 Å². The monoisotopic (exact) mass is 402 g/mol. The van der Waals surface area contributed by atoms with Crippen LogP contribution in [-0.4, -0.2) is 46.0 Å². The van der Waals surface area contributed by atoms with Crippen molar-refractivity contribution in [2.24, 2.45) is 0 Å². The molecule has 0 aliphatic carbocycles. The van der Waals surface area contributed by atoms with E-state index in [-0.39, 0.29) is 6.10 Å². The van der Waals surface area contributed by atoms with Crippen LogP contribution in [0.2, 0.25) is 0 Å². The van der Waals surface area contributed by atoms with E-state index in [0.29, 0.717) is 18.1 Å². The van der Waals surface area contributed by atoms with E-state index in [0.717, 1.165) is 35.7 Å². The van der Waals surface area contributed by atoms with Crippen molar-refractivity contribution in [2.45, 2.75) is 12.5 Å². The molecular weight excluding hydrogens is 380 g/mol. The smallest absolute Gasteiger partial charge is 0.162 e. The van der Waals surface area contributed by atoms with Gasteiger partial charge in [0.15, 0.2) is 11.5 Å². The Morgan fingerprint density at radius 1 is 0.967 bits per heavy atom. The highest BCUT2D eigenvalue weighted by Crippen LogP contribution is 2.34. The average molecular weight is 402 g/mol. The number of hydrogen-bond acceptors (Lipinski definition) is 5. The maximum atomic E-state index is 6.15. The van der Waals surface area contributed by atoms with Crippen LogP contribution in [0, 0.1) is 0 Å². The van der Waals surface area contributed by atoms with Crippen LogP contribution < -0.4 is 9.47 Å². The molecule has 152 valence electrons. The Morgan fingerprint density at radius 2 is 1.83 bits per heavy atom. The molecule has 4 aromatic rings. The molecule has 7 nitrogen and oxygen atoms in total. The predicted octanol–water partition coefficient (Wildman–Crippen LogP) is 3.90. The SMILES string of the molecule is COc1ccc(-c2ccnn2-c2ccc(-n3cccn3)cc2)cc1O[C@@H]1CCOC1. The number of aromatic nitrogens is 4. The first-order chi connectivity index (χ1) is 14.8. The normalized spacial score (nSPS) is 16.0. The van der Waals surface area contributed by atoms with Gasteiger partial charge < -0.3 is 14.2 Å². The molecule has 3 heterocycles. The summed E-state index contributed by atoms with van der Waals surface area (Å²) in [6.45, 7) is 1.34. The minimum Gasteiger partial charge on any atom is -0.493 e. The number of hydrogen-bond donors (Lipinski definition) is 0. The van der Waals surface area contributed by atoms with Gasteiger partial charge in [-0.2, -0.15) is 10.2 Å². The molecule has 0 unspecified atom stereocenters. The van der Waals surface area contributed by atoms with Crippen molar-refractivity contribution in [1.29, 1.82) is 0 Å². The summed E-state index contributed by atoms with van der Waals surface area (Å²) in [6, 6.07) is 18.0. The number of ether oxygens (including phenoxy) is 3. The third-order valence-corrected chi connectivity index (χ3v) is 5.15. The zero-order chi connectivity index (χ0) is 20.3. The first kappa shape index (κ1) is 18.4. The second-order valence-electron chi connectivity index (χ2n) is 7.06. The fourth-order valence-electron chi connectivity index (χ4n) is 3.61. The van der Waals surface area contributed by atoms with E-state index in [9.17, 15) is 0 Å². The molecule has 1 aliphatic rings. The van der Waals surface area contributed by atoms with Crippen molar-refractivity contribution >= 4 is 0 Å². The zero-order valence-corrected chi connectivity index (χ0v) is 16.6. The maximum Gasteiger partial charge on any atom is 0.162 e. The molecule has 0 spiro atoms. The van der Waals surface area contributed by atoms with Gasteiger partial charge in [0.25, 0.3) is 0 Å². The third-order valence-electron chi connectivity index (χ3n) is 5.15. The molecule has 0 bridgehead atoms. The highest BCUT2D eigenvalue weighted by molar-refractivity contribution is 5.66. The molecule has 0 radical (unpaired) electrons. The predicted molar refractivity (Wildman–Crippen MR) is 113 cm³/mol. The molecule has 0 N–H and O–H groups in total. The summed E-state index contributed by atoms with van der Waals surface area (Å²) in [7, 11) is 1.65. The summed E-state index contributed by atoms with van der Waals surface area (Å²) in [4.78, 5) is 0. The van der Waals surface area contributed by atoms with Crippen LogP contribution >= 0.6 is 0 Å². The van der Waals surface area contributed by atoms with Crippen molar-refractivity contribution in [3.05, 3.63) is 73.2 Å². The summed E-state index contributed by atoms with van der Waals surface area (Å²) in [5.74, 6) is 1.42. The Bertz CT molecular complexity index is 1110. The average Bonchev–Trinajstić information content (AvgIpc) is 3.56. The summed E-state index contributed by atoms with van der Waals surface area (Å²) < 4.78 is 20.8. The molecular formula is C23H22N4O3. The van der Waals surface area contributed by atoms with Gasteiger partial charge in [-0.15, -0.1) is 0 Å². The molecule has 1 saturated heterocycles. The lowest BCUT2D eigenvalue weighted by molar-refractivity contribution is 0.138. The number of benzene rings is 2. The Morgan fingerprint density at radius 3 is 2.57 bits per heavy atom. The number of methoxy groups -OCH3 is 1. The minimum absolute atomic E-state index is 0.0499. The maximum absolute atomic E-state index is 6.15. The van der Waals surface area contributed by atoms with Crippen molar-refractivity contribution in [1.82, 2.24) is 19.6 Å². The molecule has 1 atom stereocenters. The van der Waals surface area contributed by atoms with Gasteiger partial charge in [0.05, 0.1) is 43.6 Å². The van der Waals surface area contributed by atoms with E-state index in [1.807, 2.05) is 70.2 Å². The zero-order valence-electron chi connectivity index (χ0n) is 16.6. The molecule has 5 rings (SSSR count). The van der Waals surface area contributed by atoms with Crippen LogP contribution in [0.5, 0.6) is 11.5 Å². The quantitative estimate of drug-likeness (QED) is 0.489. The highest BCUT2D eigenvalue weighted by Gasteiger charge is 2.20. The van der Waals surface area contributed by atoms with Gasteiger partial charge in [0, 0.05) is 24.4 Å². The Labute approximate surface area is 174 Å². The van der Waals surface area contributed by atoms with Crippen molar-refractivity contribution < 1.29 is 14.2 Å². The van der Waals surface area contributed by atoms with Gasteiger partial charge >= 0.3 is 0 Å².